The first-order valence-electron chi connectivity index (χ1n) is 18.5. The maximum atomic E-state index is 15.0. The molecule has 1 spiro atoms. The number of allylic oxidation sites excluding steroid dienone is 1. The zero-order valence-electron chi connectivity index (χ0n) is 30.2. The van der Waals surface area contributed by atoms with Crippen molar-refractivity contribution in [2.75, 3.05) is 13.2 Å². The first-order chi connectivity index (χ1) is 25.7. The largest absolute Gasteiger partial charge is 0.455 e. The van der Waals surface area contributed by atoms with Crippen LogP contribution in [0.3, 0.4) is 0 Å². The molecule has 3 aromatic rings. The Morgan fingerprint density at radius 1 is 1.00 bits per heavy atom. The van der Waals surface area contributed by atoms with E-state index in [4.69, 9.17) is 9.47 Å². The molecule has 3 aromatic carbocycles. The number of fused-ring (bicyclic) bond motifs is 1. The molecule has 6 rings (SSSR count). The van der Waals surface area contributed by atoms with Gasteiger partial charge in [0.2, 0.25) is 17.7 Å². The smallest absolute Gasteiger partial charge is 0.313 e. The number of rotatable bonds is 17. The van der Waals surface area contributed by atoms with Gasteiger partial charge >= 0.3 is 5.97 Å². The zero-order valence-corrected chi connectivity index (χ0v) is 30.2. The Hall–Kier alpha value is -5.06. The highest BCUT2D eigenvalue weighted by Gasteiger charge is 2.75. The predicted octanol–water partition coefficient (Wildman–Crippen LogP) is 4.93. The summed E-state index contributed by atoms with van der Waals surface area (Å²) in [6.45, 7) is 9.47. The Morgan fingerprint density at radius 2 is 1.64 bits per heavy atom. The second-order valence-corrected chi connectivity index (χ2v) is 14.3. The highest BCUT2D eigenvalue weighted by Crippen LogP contribution is 2.59. The molecule has 8 atom stereocenters. The number of aliphatic hydroxyl groups excluding tert-OH is 1. The normalized spacial score (nSPS) is 24.5. The van der Waals surface area contributed by atoms with E-state index in [9.17, 15) is 24.3 Å². The van der Waals surface area contributed by atoms with Crippen molar-refractivity contribution in [3.8, 4) is 0 Å². The number of esters is 1. The fraction of sp³-hybridized carbons (Fsp3) is 0.395. The van der Waals surface area contributed by atoms with Gasteiger partial charge in [-0.3, -0.25) is 19.2 Å². The van der Waals surface area contributed by atoms with Gasteiger partial charge in [-0.15, -0.1) is 13.2 Å². The van der Waals surface area contributed by atoms with Crippen LogP contribution in [0, 0.1) is 11.8 Å². The van der Waals surface area contributed by atoms with Crippen LogP contribution in [0.25, 0.3) is 0 Å². The average Bonchev–Trinajstić information content (AvgIpc) is 3.83. The fourth-order valence-corrected chi connectivity index (χ4v) is 8.47. The maximum Gasteiger partial charge on any atom is 0.313 e. The summed E-state index contributed by atoms with van der Waals surface area (Å²) >= 11 is 0. The van der Waals surface area contributed by atoms with Crippen molar-refractivity contribution in [1.29, 1.82) is 0 Å². The van der Waals surface area contributed by atoms with Crippen LogP contribution in [0.5, 0.6) is 0 Å². The van der Waals surface area contributed by atoms with Crippen molar-refractivity contribution in [3.63, 3.8) is 0 Å². The molecule has 53 heavy (non-hydrogen) atoms. The molecule has 3 saturated heterocycles. The van der Waals surface area contributed by atoms with Crippen molar-refractivity contribution >= 4 is 23.7 Å². The lowest BCUT2D eigenvalue weighted by Gasteiger charge is -2.39. The molecule has 3 heterocycles. The third kappa shape index (κ3) is 7.70. The standard InChI is InChI=1S/C43H49N3O7/c1-4-6-22-35(48)44-29(3)38(32-20-14-9-15-21-32)52-42(51)36-34-23-24-43(53-34)37(36)40(49)46(33(28-47)26-30-16-10-7-11-17-30)39(43)41(50)45(25-5-2)27-31-18-12-8-13-19-31/h4-5,7-21,29,33-34,36-39,47H,1-2,6,22-28H2,3H3,(H,44,48)/t29-,33+,34+,36-,37-,38-,39+,43-/m0/s1. The lowest BCUT2D eigenvalue weighted by Crippen LogP contribution is -2.59. The van der Waals surface area contributed by atoms with Crippen LogP contribution >= 0.6 is 0 Å². The number of aliphatic hydroxyl groups is 1. The summed E-state index contributed by atoms with van der Waals surface area (Å²) in [5, 5.41) is 13.8. The highest BCUT2D eigenvalue weighted by molar-refractivity contribution is 5.98. The highest BCUT2D eigenvalue weighted by atomic mass is 16.6. The summed E-state index contributed by atoms with van der Waals surface area (Å²) in [4.78, 5) is 60.3. The monoisotopic (exact) mass is 719 g/mol. The number of benzene rings is 3. The Labute approximate surface area is 311 Å². The predicted molar refractivity (Wildman–Crippen MR) is 200 cm³/mol. The minimum Gasteiger partial charge on any atom is -0.455 e. The van der Waals surface area contributed by atoms with Gasteiger partial charge in [0, 0.05) is 19.5 Å². The summed E-state index contributed by atoms with van der Waals surface area (Å²) < 4.78 is 13.0. The summed E-state index contributed by atoms with van der Waals surface area (Å²) in [5.41, 5.74) is 1.18. The van der Waals surface area contributed by atoms with Gasteiger partial charge in [0.1, 0.15) is 17.7 Å². The maximum absolute atomic E-state index is 15.0. The number of ether oxygens (including phenoxy) is 2. The third-order valence-corrected chi connectivity index (χ3v) is 10.8. The molecule has 3 fully saturated rings. The van der Waals surface area contributed by atoms with E-state index in [1.807, 2.05) is 91.0 Å². The number of amides is 3. The van der Waals surface area contributed by atoms with Gasteiger partial charge in [-0.25, -0.2) is 0 Å². The molecule has 2 bridgehead atoms. The van der Waals surface area contributed by atoms with Gasteiger partial charge in [0.15, 0.2) is 0 Å². The van der Waals surface area contributed by atoms with Crippen LogP contribution in [-0.4, -0.2) is 81.6 Å². The van der Waals surface area contributed by atoms with Crippen LogP contribution in [0.15, 0.2) is 116 Å². The van der Waals surface area contributed by atoms with Gasteiger partial charge in [-0.05, 0) is 49.3 Å². The van der Waals surface area contributed by atoms with Gasteiger partial charge in [0.25, 0.3) is 0 Å². The van der Waals surface area contributed by atoms with Crippen molar-refractivity contribution in [2.24, 2.45) is 11.8 Å². The number of hydrogen-bond donors (Lipinski definition) is 2. The molecule has 0 unspecified atom stereocenters. The van der Waals surface area contributed by atoms with E-state index in [0.29, 0.717) is 31.2 Å². The third-order valence-electron chi connectivity index (χ3n) is 10.8. The molecule has 3 amide bonds. The topological polar surface area (TPSA) is 125 Å². The van der Waals surface area contributed by atoms with E-state index in [2.05, 4.69) is 18.5 Å². The van der Waals surface area contributed by atoms with E-state index in [1.165, 1.54) is 4.90 Å². The van der Waals surface area contributed by atoms with Gasteiger partial charge in [0.05, 0.1) is 36.6 Å². The first kappa shape index (κ1) is 37.7. The lowest BCUT2D eigenvalue weighted by atomic mass is 9.70. The molecule has 0 aliphatic carbocycles. The Kier molecular flexibility index (Phi) is 11.9. The number of carbonyl (C=O) groups excluding carboxylic acids is 4. The number of likely N-dealkylation sites (tertiary alicyclic amines) is 1. The number of carbonyl (C=O) groups is 4. The summed E-state index contributed by atoms with van der Waals surface area (Å²) in [5.74, 6) is -3.58. The molecule has 278 valence electrons. The number of hydrogen-bond acceptors (Lipinski definition) is 7. The van der Waals surface area contributed by atoms with Crippen molar-refractivity contribution in [3.05, 3.63) is 133 Å². The van der Waals surface area contributed by atoms with Crippen molar-refractivity contribution < 1.29 is 33.8 Å². The van der Waals surface area contributed by atoms with E-state index in [-0.39, 0.29) is 31.3 Å². The molecule has 0 radical (unpaired) electrons. The molecule has 3 aliphatic rings. The minimum absolute atomic E-state index is 0.201. The van der Waals surface area contributed by atoms with Crippen LogP contribution in [0.4, 0.5) is 0 Å². The number of nitrogens with zero attached hydrogens (tertiary/aromatic N) is 2. The quantitative estimate of drug-likeness (QED) is 0.150. The SMILES string of the molecule is C=CCCC(=O)N[C@@H](C)[C@H](OC(=O)[C@@H]1[C@H]2C(=O)N([C@@H](CO)Cc3ccccc3)[C@H](C(=O)N(CC=C)Cc3ccccc3)[C@]23CC[C@H]1O3)c1ccccc1. The van der Waals surface area contributed by atoms with Gasteiger partial charge < -0.3 is 29.7 Å². The first-order valence-corrected chi connectivity index (χ1v) is 18.5. The molecular formula is C43H49N3O7. The number of nitrogens with one attached hydrogen (secondary N) is 1. The van der Waals surface area contributed by atoms with Crippen LogP contribution < -0.4 is 5.32 Å². The Morgan fingerprint density at radius 3 is 2.26 bits per heavy atom. The Bertz CT molecular complexity index is 1770. The van der Waals surface area contributed by atoms with Crippen molar-refractivity contribution in [1.82, 2.24) is 15.1 Å². The summed E-state index contributed by atoms with van der Waals surface area (Å²) in [6, 6.07) is 25.8. The van der Waals surface area contributed by atoms with Crippen LogP contribution in [0.1, 0.15) is 55.4 Å². The van der Waals surface area contributed by atoms with E-state index in [0.717, 1.165) is 11.1 Å². The van der Waals surface area contributed by atoms with E-state index in [1.54, 1.807) is 24.0 Å². The molecule has 0 saturated carbocycles. The van der Waals surface area contributed by atoms with Crippen LogP contribution in [-0.2, 0) is 41.6 Å². The summed E-state index contributed by atoms with van der Waals surface area (Å²) in [6.07, 6.45) is 3.71. The van der Waals surface area contributed by atoms with Gasteiger partial charge in [-0.1, -0.05) is 103 Å². The summed E-state index contributed by atoms with van der Waals surface area (Å²) in [7, 11) is 0. The molecule has 10 heteroatoms. The second kappa shape index (κ2) is 16.7. The molecule has 10 nitrogen and oxygen atoms in total. The van der Waals surface area contributed by atoms with Crippen LogP contribution in [0.2, 0.25) is 0 Å². The molecule has 2 N–H and O–H groups in total. The fourth-order valence-electron chi connectivity index (χ4n) is 8.47. The molecular weight excluding hydrogens is 670 g/mol. The van der Waals surface area contributed by atoms with E-state index >= 15 is 0 Å². The second-order valence-electron chi connectivity index (χ2n) is 14.3. The lowest BCUT2D eigenvalue weighted by molar-refractivity contribution is -0.162. The zero-order chi connectivity index (χ0) is 37.5. The van der Waals surface area contributed by atoms with E-state index < -0.39 is 66.3 Å². The Balaban J connectivity index is 1.35. The average molecular weight is 720 g/mol. The minimum atomic E-state index is -1.31. The van der Waals surface area contributed by atoms with Crippen molar-refractivity contribution in [2.45, 2.75) is 81.5 Å². The molecule has 3 aliphatic heterocycles. The van der Waals surface area contributed by atoms with Gasteiger partial charge in [-0.2, -0.15) is 0 Å². The molecule has 0 aromatic heterocycles.